The summed E-state index contributed by atoms with van der Waals surface area (Å²) in [6.07, 6.45) is 1.79. The van der Waals surface area contributed by atoms with Crippen molar-refractivity contribution in [1.82, 2.24) is 20.2 Å². The Bertz CT molecular complexity index is 1030. The fourth-order valence-corrected chi connectivity index (χ4v) is 3.76. The standard InChI is InChI=1S/C23H27N5O3/c1-30-18-9-7-16(8-10-18)15-28-13-11-17(12-14-28)24-23(29)27-21-22(31-2)26-20-6-4-3-5-19(20)25-21/h3-10,17H,11-15H2,1-2H3,(H2,24,25,27,29). The van der Waals surface area contributed by atoms with Crippen LogP contribution in [0.1, 0.15) is 18.4 Å². The smallest absolute Gasteiger partial charge is 0.320 e. The number of nitrogens with one attached hydrogen (secondary N) is 2. The lowest BCUT2D eigenvalue weighted by atomic mass is 10.0. The van der Waals surface area contributed by atoms with Crippen LogP contribution in [0.15, 0.2) is 48.5 Å². The van der Waals surface area contributed by atoms with Gasteiger partial charge < -0.3 is 14.8 Å². The Morgan fingerprint density at radius 2 is 1.68 bits per heavy atom. The predicted octanol–water partition coefficient (Wildman–Crippen LogP) is 3.43. The summed E-state index contributed by atoms with van der Waals surface area (Å²) in [5, 5.41) is 5.84. The molecule has 0 saturated carbocycles. The van der Waals surface area contributed by atoms with Gasteiger partial charge in [0, 0.05) is 25.7 Å². The highest BCUT2D eigenvalue weighted by Gasteiger charge is 2.22. The lowest BCUT2D eigenvalue weighted by Gasteiger charge is -2.32. The molecule has 2 aromatic carbocycles. The summed E-state index contributed by atoms with van der Waals surface area (Å²) in [7, 11) is 3.19. The molecular formula is C23H27N5O3. The average molecular weight is 422 g/mol. The summed E-state index contributed by atoms with van der Waals surface area (Å²) in [5.41, 5.74) is 2.67. The van der Waals surface area contributed by atoms with Crippen LogP contribution in [0.3, 0.4) is 0 Å². The number of nitrogens with zero attached hydrogens (tertiary/aromatic N) is 3. The van der Waals surface area contributed by atoms with E-state index in [-0.39, 0.29) is 12.1 Å². The Morgan fingerprint density at radius 1 is 1.00 bits per heavy atom. The lowest BCUT2D eigenvalue weighted by molar-refractivity contribution is 0.189. The van der Waals surface area contributed by atoms with Gasteiger partial charge in [0.25, 0.3) is 5.88 Å². The first-order chi connectivity index (χ1) is 15.1. The van der Waals surface area contributed by atoms with Crippen LogP contribution >= 0.6 is 0 Å². The first kappa shape index (κ1) is 20.9. The number of urea groups is 1. The average Bonchev–Trinajstić information content (AvgIpc) is 2.80. The molecule has 1 saturated heterocycles. The highest BCUT2D eigenvalue weighted by Crippen LogP contribution is 2.23. The van der Waals surface area contributed by atoms with Crippen LogP contribution in [0.5, 0.6) is 11.6 Å². The van der Waals surface area contributed by atoms with E-state index >= 15 is 0 Å². The maximum Gasteiger partial charge on any atom is 0.320 e. The summed E-state index contributed by atoms with van der Waals surface area (Å²) < 4.78 is 10.5. The molecule has 0 spiro atoms. The fraction of sp³-hybridized carbons (Fsp3) is 0.348. The third kappa shape index (κ3) is 5.21. The van der Waals surface area contributed by atoms with Gasteiger partial charge in [-0.15, -0.1) is 0 Å². The van der Waals surface area contributed by atoms with Crippen LogP contribution in [-0.4, -0.2) is 54.2 Å². The van der Waals surface area contributed by atoms with Gasteiger partial charge in [-0.25, -0.2) is 14.8 Å². The number of amides is 2. The van der Waals surface area contributed by atoms with E-state index in [1.54, 1.807) is 7.11 Å². The van der Waals surface area contributed by atoms with Gasteiger partial charge in [-0.2, -0.15) is 0 Å². The number of carbonyl (C=O) groups is 1. The Balaban J connectivity index is 1.29. The zero-order chi connectivity index (χ0) is 21.6. The number of hydrogen-bond acceptors (Lipinski definition) is 6. The number of rotatable bonds is 6. The largest absolute Gasteiger partial charge is 0.497 e. The number of ether oxygens (including phenoxy) is 2. The maximum atomic E-state index is 12.5. The predicted molar refractivity (Wildman–Crippen MR) is 120 cm³/mol. The van der Waals surface area contributed by atoms with Crippen molar-refractivity contribution < 1.29 is 14.3 Å². The Labute approximate surface area is 181 Å². The van der Waals surface area contributed by atoms with E-state index in [9.17, 15) is 4.79 Å². The van der Waals surface area contributed by atoms with Crippen molar-refractivity contribution in [2.45, 2.75) is 25.4 Å². The molecule has 1 fully saturated rings. The molecule has 2 heterocycles. The van der Waals surface area contributed by atoms with Crippen molar-refractivity contribution in [3.05, 3.63) is 54.1 Å². The van der Waals surface area contributed by atoms with Gasteiger partial charge in [0.05, 0.1) is 25.3 Å². The molecule has 162 valence electrons. The Hall–Kier alpha value is -3.39. The fourth-order valence-electron chi connectivity index (χ4n) is 3.76. The Kier molecular flexibility index (Phi) is 6.47. The van der Waals surface area contributed by atoms with Crippen LogP contribution < -0.4 is 20.1 Å². The van der Waals surface area contributed by atoms with Gasteiger partial charge in [-0.1, -0.05) is 24.3 Å². The number of benzene rings is 2. The molecule has 3 aromatic rings. The molecule has 8 nitrogen and oxygen atoms in total. The number of likely N-dealkylation sites (tertiary alicyclic amines) is 1. The van der Waals surface area contributed by atoms with E-state index < -0.39 is 0 Å². The van der Waals surface area contributed by atoms with Gasteiger partial charge in [-0.05, 0) is 42.7 Å². The van der Waals surface area contributed by atoms with Crippen molar-refractivity contribution in [2.24, 2.45) is 0 Å². The van der Waals surface area contributed by atoms with Gasteiger partial charge in [0.2, 0.25) is 0 Å². The van der Waals surface area contributed by atoms with Crippen molar-refractivity contribution in [3.63, 3.8) is 0 Å². The van der Waals surface area contributed by atoms with Crippen LogP contribution in [0.2, 0.25) is 0 Å². The molecule has 0 bridgehead atoms. The van der Waals surface area contributed by atoms with Crippen LogP contribution in [-0.2, 0) is 6.54 Å². The third-order valence-corrected chi connectivity index (χ3v) is 5.45. The number of hydrogen-bond donors (Lipinski definition) is 2. The van der Waals surface area contributed by atoms with Crippen LogP contribution in [0.4, 0.5) is 10.6 Å². The highest BCUT2D eigenvalue weighted by atomic mass is 16.5. The number of piperidine rings is 1. The van der Waals surface area contributed by atoms with Crippen LogP contribution in [0, 0.1) is 0 Å². The number of aromatic nitrogens is 2. The molecule has 0 atom stereocenters. The molecule has 4 rings (SSSR count). The number of carbonyl (C=O) groups excluding carboxylic acids is 1. The van der Waals surface area contributed by atoms with E-state index in [0.29, 0.717) is 17.2 Å². The first-order valence-corrected chi connectivity index (χ1v) is 10.4. The number of anilines is 1. The summed E-state index contributed by atoms with van der Waals surface area (Å²) in [4.78, 5) is 23.8. The quantitative estimate of drug-likeness (QED) is 0.634. The zero-order valence-electron chi connectivity index (χ0n) is 17.8. The molecule has 0 radical (unpaired) electrons. The van der Waals surface area contributed by atoms with E-state index in [1.165, 1.54) is 12.7 Å². The lowest BCUT2D eigenvalue weighted by Crippen LogP contribution is -2.45. The minimum atomic E-state index is -0.295. The van der Waals surface area contributed by atoms with Crippen molar-refractivity contribution >= 4 is 22.9 Å². The number of fused-ring (bicyclic) bond motifs is 1. The van der Waals surface area contributed by atoms with E-state index in [4.69, 9.17) is 9.47 Å². The van der Waals surface area contributed by atoms with Crippen molar-refractivity contribution in [3.8, 4) is 11.6 Å². The van der Waals surface area contributed by atoms with E-state index in [1.807, 2.05) is 36.4 Å². The van der Waals surface area contributed by atoms with Gasteiger partial charge >= 0.3 is 6.03 Å². The van der Waals surface area contributed by atoms with E-state index in [2.05, 4.69) is 37.6 Å². The summed E-state index contributed by atoms with van der Waals surface area (Å²) in [5.74, 6) is 1.48. The second-order valence-electron chi connectivity index (χ2n) is 7.57. The zero-order valence-corrected chi connectivity index (χ0v) is 17.8. The molecular weight excluding hydrogens is 394 g/mol. The summed E-state index contributed by atoms with van der Waals surface area (Å²) in [6, 6.07) is 15.4. The molecule has 1 aliphatic rings. The molecule has 31 heavy (non-hydrogen) atoms. The van der Waals surface area contributed by atoms with Gasteiger partial charge in [0.1, 0.15) is 5.75 Å². The Morgan fingerprint density at radius 3 is 2.32 bits per heavy atom. The summed E-state index contributed by atoms with van der Waals surface area (Å²) >= 11 is 0. The SMILES string of the molecule is COc1ccc(CN2CCC(NC(=O)Nc3nc4ccccc4nc3OC)CC2)cc1. The second-order valence-corrected chi connectivity index (χ2v) is 7.57. The normalized spacial score (nSPS) is 14.9. The minimum Gasteiger partial charge on any atom is -0.497 e. The third-order valence-electron chi connectivity index (χ3n) is 5.45. The molecule has 0 aliphatic carbocycles. The van der Waals surface area contributed by atoms with Gasteiger partial charge in [0.15, 0.2) is 5.82 Å². The molecule has 2 N–H and O–H groups in total. The van der Waals surface area contributed by atoms with E-state index in [0.717, 1.165) is 43.7 Å². The highest BCUT2D eigenvalue weighted by molar-refractivity contribution is 5.91. The first-order valence-electron chi connectivity index (χ1n) is 10.4. The van der Waals surface area contributed by atoms with Crippen LogP contribution in [0.25, 0.3) is 11.0 Å². The topological polar surface area (TPSA) is 88.6 Å². The molecule has 8 heteroatoms. The van der Waals surface area contributed by atoms with Crippen molar-refractivity contribution in [2.75, 3.05) is 32.6 Å². The second kappa shape index (κ2) is 9.61. The van der Waals surface area contributed by atoms with Crippen molar-refractivity contribution in [1.29, 1.82) is 0 Å². The minimum absolute atomic E-state index is 0.117. The summed E-state index contributed by atoms with van der Waals surface area (Å²) in [6.45, 7) is 2.75. The maximum absolute atomic E-state index is 12.5. The monoisotopic (exact) mass is 421 g/mol. The van der Waals surface area contributed by atoms with Gasteiger partial charge in [-0.3, -0.25) is 10.2 Å². The molecule has 2 amide bonds. The number of para-hydroxylation sites is 2. The number of methoxy groups -OCH3 is 2. The molecule has 0 unspecified atom stereocenters. The molecule has 1 aliphatic heterocycles. The molecule has 1 aromatic heterocycles.